The maximum atomic E-state index is 6.08. The largest absolute Gasteiger partial charge is 0.318 e. The third-order valence-corrected chi connectivity index (χ3v) is 5.69. The Kier molecular flexibility index (Phi) is 4.72. The van der Waals surface area contributed by atoms with Crippen molar-refractivity contribution in [2.45, 2.75) is 45.1 Å². The number of halogens is 2. The highest BCUT2D eigenvalue weighted by Crippen LogP contribution is 2.29. The first-order chi connectivity index (χ1) is 10.1. The van der Waals surface area contributed by atoms with Crippen LogP contribution in [0, 0.1) is 6.92 Å². The van der Waals surface area contributed by atoms with Crippen LogP contribution in [0.4, 0.5) is 5.69 Å². The molecule has 0 atom stereocenters. The average Bonchev–Trinajstić information content (AvgIpc) is 2.85. The Morgan fingerprint density at radius 1 is 1.14 bits per heavy atom. The number of nitrogens with zero attached hydrogens (tertiary/aromatic N) is 2. The van der Waals surface area contributed by atoms with Crippen LogP contribution in [0.1, 0.15) is 43.8 Å². The maximum Gasteiger partial charge on any atom is 0.190 e. The SMILES string of the molecule is Cc1csc(=Nc2ccc(Cl)c(Cl)c2)n1C1CCCCC1. The molecule has 1 aromatic heterocycles. The molecule has 2 nitrogen and oxygen atoms in total. The number of hydrogen-bond acceptors (Lipinski definition) is 2. The van der Waals surface area contributed by atoms with E-state index in [-0.39, 0.29) is 0 Å². The van der Waals surface area contributed by atoms with Crippen LogP contribution in [0.3, 0.4) is 0 Å². The van der Waals surface area contributed by atoms with Crippen molar-refractivity contribution in [3.63, 3.8) is 0 Å². The van der Waals surface area contributed by atoms with Gasteiger partial charge >= 0.3 is 0 Å². The molecule has 1 saturated carbocycles. The molecule has 112 valence electrons. The molecule has 3 rings (SSSR count). The van der Waals surface area contributed by atoms with Gasteiger partial charge in [-0.3, -0.25) is 0 Å². The van der Waals surface area contributed by atoms with E-state index in [1.54, 1.807) is 17.4 Å². The Bertz CT molecular complexity index is 697. The van der Waals surface area contributed by atoms with E-state index in [0.717, 1.165) is 10.5 Å². The molecular formula is C16H18Cl2N2S. The molecular weight excluding hydrogens is 323 g/mol. The van der Waals surface area contributed by atoms with Crippen molar-refractivity contribution in [3.8, 4) is 0 Å². The van der Waals surface area contributed by atoms with Crippen LogP contribution in [0.25, 0.3) is 0 Å². The van der Waals surface area contributed by atoms with E-state index in [1.165, 1.54) is 37.8 Å². The third-order valence-electron chi connectivity index (χ3n) is 3.99. The molecule has 0 aliphatic heterocycles. The van der Waals surface area contributed by atoms with Crippen LogP contribution < -0.4 is 4.80 Å². The molecule has 0 N–H and O–H groups in total. The van der Waals surface area contributed by atoms with Gasteiger partial charge in [0, 0.05) is 17.1 Å². The van der Waals surface area contributed by atoms with Crippen molar-refractivity contribution < 1.29 is 0 Å². The molecule has 0 radical (unpaired) electrons. The van der Waals surface area contributed by atoms with E-state index in [9.17, 15) is 0 Å². The van der Waals surface area contributed by atoms with Crippen molar-refractivity contribution in [2.24, 2.45) is 4.99 Å². The van der Waals surface area contributed by atoms with Gasteiger partial charge in [-0.15, -0.1) is 11.3 Å². The van der Waals surface area contributed by atoms with Crippen LogP contribution in [0.2, 0.25) is 10.0 Å². The fraction of sp³-hybridized carbons (Fsp3) is 0.438. The second-order valence-electron chi connectivity index (χ2n) is 5.53. The van der Waals surface area contributed by atoms with Crippen LogP contribution in [0.5, 0.6) is 0 Å². The lowest BCUT2D eigenvalue weighted by Crippen LogP contribution is -2.23. The third kappa shape index (κ3) is 3.36. The normalized spacial score (nSPS) is 17.4. The first-order valence-corrected chi connectivity index (χ1v) is 8.95. The molecule has 0 saturated heterocycles. The molecule has 1 aliphatic carbocycles. The first kappa shape index (κ1) is 15.1. The van der Waals surface area contributed by atoms with Gasteiger partial charge in [-0.05, 0) is 38.0 Å². The summed E-state index contributed by atoms with van der Waals surface area (Å²) >= 11 is 13.7. The lowest BCUT2D eigenvalue weighted by molar-refractivity contribution is 0.344. The summed E-state index contributed by atoms with van der Waals surface area (Å²) < 4.78 is 2.40. The highest BCUT2D eigenvalue weighted by Gasteiger charge is 2.17. The molecule has 0 unspecified atom stereocenters. The zero-order valence-corrected chi connectivity index (χ0v) is 14.3. The van der Waals surface area contributed by atoms with Crippen LogP contribution >= 0.6 is 34.5 Å². The minimum atomic E-state index is 0.551. The van der Waals surface area contributed by atoms with E-state index < -0.39 is 0 Å². The minimum absolute atomic E-state index is 0.551. The number of aryl methyl sites for hydroxylation is 1. The topological polar surface area (TPSA) is 17.3 Å². The quantitative estimate of drug-likeness (QED) is 0.647. The molecule has 1 heterocycles. The van der Waals surface area contributed by atoms with E-state index in [4.69, 9.17) is 28.2 Å². The summed E-state index contributed by atoms with van der Waals surface area (Å²) in [6.07, 6.45) is 6.51. The molecule has 2 aromatic rings. The first-order valence-electron chi connectivity index (χ1n) is 7.31. The fourth-order valence-electron chi connectivity index (χ4n) is 2.93. The van der Waals surface area contributed by atoms with Crippen molar-refractivity contribution >= 4 is 40.2 Å². The average molecular weight is 341 g/mol. The smallest absolute Gasteiger partial charge is 0.190 e. The number of thiazole rings is 1. The summed E-state index contributed by atoms with van der Waals surface area (Å²) in [4.78, 5) is 5.83. The van der Waals surface area contributed by atoms with E-state index >= 15 is 0 Å². The molecule has 0 spiro atoms. The summed E-state index contributed by atoms with van der Waals surface area (Å²) in [5.74, 6) is 0. The molecule has 5 heteroatoms. The fourth-order valence-corrected chi connectivity index (χ4v) is 4.18. The second-order valence-corrected chi connectivity index (χ2v) is 7.18. The maximum absolute atomic E-state index is 6.08. The van der Waals surface area contributed by atoms with Gasteiger partial charge in [-0.1, -0.05) is 42.5 Å². The Balaban J connectivity index is 2.01. The second kappa shape index (κ2) is 6.55. The monoisotopic (exact) mass is 340 g/mol. The van der Waals surface area contributed by atoms with Crippen molar-refractivity contribution in [3.05, 3.63) is 44.1 Å². The molecule has 21 heavy (non-hydrogen) atoms. The van der Waals surface area contributed by atoms with Gasteiger partial charge in [0.15, 0.2) is 4.80 Å². The molecule has 1 aromatic carbocycles. The summed E-state index contributed by atoms with van der Waals surface area (Å²) in [5, 5.41) is 3.30. The number of hydrogen-bond donors (Lipinski definition) is 0. The number of rotatable bonds is 2. The summed E-state index contributed by atoms with van der Waals surface area (Å²) in [5.41, 5.74) is 2.15. The predicted molar refractivity (Wildman–Crippen MR) is 90.9 cm³/mol. The van der Waals surface area contributed by atoms with Crippen molar-refractivity contribution in [2.75, 3.05) is 0 Å². The van der Waals surface area contributed by atoms with E-state index in [2.05, 4.69) is 16.9 Å². The summed E-state index contributed by atoms with van der Waals surface area (Å²) in [6, 6.07) is 6.12. The van der Waals surface area contributed by atoms with Gasteiger partial charge in [0.25, 0.3) is 0 Å². The molecule has 1 aliphatic rings. The Morgan fingerprint density at radius 2 is 1.90 bits per heavy atom. The van der Waals surface area contributed by atoms with Gasteiger partial charge in [-0.25, -0.2) is 4.99 Å². The Hall–Kier alpha value is -0.770. The zero-order chi connectivity index (χ0) is 14.8. The van der Waals surface area contributed by atoms with Crippen LogP contribution in [0.15, 0.2) is 28.6 Å². The minimum Gasteiger partial charge on any atom is -0.318 e. The number of benzene rings is 1. The standard InChI is InChI=1S/C16H18Cl2N2S/c1-11-10-21-16(20(11)13-5-3-2-4-6-13)19-12-7-8-14(17)15(18)9-12/h7-10,13H,2-6H2,1H3. The highest BCUT2D eigenvalue weighted by molar-refractivity contribution is 7.07. The van der Waals surface area contributed by atoms with E-state index in [1.807, 2.05) is 12.1 Å². The van der Waals surface area contributed by atoms with Gasteiger partial charge in [0.1, 0.15) is 0 Å². The van der Waals surface area contributed by atoms with Gasteiger partial charge in [0.05, 0.1) is 15.7 Å². The summed E-state index contributed by atoms with van der Waals surface area (Å²) in [7, 11) is 0. The van der Waals surface area contributed by atoms with Gasteiger partial charge in [0.2, 0.25) is 0 Å². The Labute approximate surface area is 139 Å². The molecule has 0 bridgehead atoms. The van der Waals surface area contributed by atoms with Gasteiger partial charge in [-0.2, -0.15) is 0 Å². The van der Waals surface area contributed by atoms with Crippen molar-refractivity contribution in [1.29, 1.82) is 0 Å². The van der Waals surface area contributed by atoms with Crippen LogP contribution in [-0.2, 0) is 0 Å². The lowest BCUT2D eigenvalue weighted by Gasteiger charge is -2.24. The van der Waals surface area contributed by atoms with Crippen LogP contribution in [-0.4, -0.2) is 4.57 Å². The number of aromatic nitrogens is 1. The molecule has 0 amide bonds. The zero-order valence-electron chi connectivity index (χ0n) is 12.0. The highest BCUT2D eigenvalue weighted by atomic mass is 35.5. The molecule has 1 fully saturated rings. The predicted octanol–water partition coefficient (Wildman–Crippen LogP) is 5.90. The summed E-state index contributed by atoms with van der Waals surface area (Å²) in [6.45, 7) is 2.17. The lowest BCUT2D eigenvalue weighted by atomic mass is 9.95. The van der Waals surface area contributed by atoms with E-state index in [0.29, 0.717) is 16.1 Å². The van der Waals surface area contributed by atoms with Crippen molar-refractivity contribution in [1.82, 2.24) is 4.57 Å². The Morgan fingerprint density at radius 3 is 2.62 bits per heavy atom. The van der Waals surface area contributed by atoms with Gasteiger partial charge < -0.3 is 4.57 Å².